The lowest BCUT2D eigenvalue weighted by molar-refractivity contribution is -0.0634. The van der Waals surface area contributed by atoms with E-state index in [2.05, 4.69) is 41.3 Å². The van der Waals surface area contributed by atoms with E-state index in [0.29, 0.717) is 37.7 Å². The molecule has 250 valence electrons. The number of hydrogen-bond acceptors (Lipinski definition) is 7. The number of methoxy groups -OCH3 is 2. The minimum Gasteiger partial charge on any atom is -0.497 e. The summed E-state index contributed by atoms with van der Waals surface area (Å²) in [5.74, 6) is 3.04. The molecule has 7 nitrogen and oxygen atoms in total. The molecule has 5 aromatic carbocycles. The van der Waals surface area contributed by atoms with Crippen molar-refractivity contribution in [1.29, 1.82) is 0 Å². The molecular formula is C41H46N2O5. The number of rotatable bonds is 17. The van der Waals surface area contributed by atoms with Gasteiger partial charge in [0, 0.05) is 31.1 Å². The van der Waals surface area contributed by atoms with Crippen LogP contribution >= 0.6 is 0 Å². The molecule has 48 heavy (non-hydrogen) atoms. The Hall–Kier alpha value is -4.82. The summed E-state index contributed by atoms with van der Waals surface area (Å²) in [5.41, 5.74) is 11.5. The molecule has 0 fully saturated rings. The van der Waals surface area contributed by atoms with Crippen molar-refractivity contribution in [1.82, 2.24) is 4.90 Å². The van der Waals surface area contributed by atoms with Gasteiger partial charge in [-0.2, -0.15) is 0 Å². The topological polar surface area (TPSA) is 86.4 Å². The third kappa shape index (κ3) is 9.38. The lowest BCUT2D eigenvalue weighted by atomic mass is 9.88. The van der Waals surface area contributed by atoms with E-state index in [1.807, 2.05) is 91.0 Å². The summed E-state index contributed by atoms with van der Waals surface area (Å²) in [4.78, 5) is 2.21. The normalized spacial score (nSPS) is 12.5. The number of aliphatic hydroxyl groups is 1. The number of nitrogens with zero attached hydrogens (tertiary/aromatic N) is 1. The summed E-state index contributed by atoms with van der Waals surface area (Å²) in [7, 11) is 3.35. The number of hydrogen-bond donors (Lipinski definition) is 2. The molecule has 0 spiro atoms. The zero-order valence-electron chi connectivity index (χ0n) is 28.0. The van der Waals surface area contributed by atoms with Crippen molar-refractivity contribution in [3.8, 4) is 23.0 Å². The predicted octanol–water partition coefficient (Wildman–Crippen LogP) is 7.55. The van der Waals surface area contributed by atoms with Crippen molar-refractivity contribution in [3.05, 3.63) is 155 Å². The Morgan fingerprint density at radius 1 is 0.688 bits per heavy atom. The fraction of sp³-hybridized carbons (Fsp3) is 0.268. The summed E-state index contributed by atoms with van der Waals surface area (Å²) in [6, 6.07) is 42.5. The van der Waals surface area contributed by atoms with Gasteiger partial charge in [0.15, 0.2) is 6.23 Å². The molecule has 7 heteroatoms. The first kappa shape index (κ1) is 34.5. The molecule has 0 bridgehead atoms. The van der Waals surface area contributed by atoms with Crippen LogP contribution < -0.4 is 24.7 Å². The summed E-state index contributed by atoms with van der Waals surface area (Å²) < 4.78 is 23.6. The van der Waals surface area contributed by atoms with Crippen molar-refractivity contribution in [2.45, 2.75) is 51.3 Å². The van der Waals surface area contributed by atoms with Gasteiger partial charge in [0.05, 0.1) is 14.2 Å². The highest BCUT2D eigenvalue weighted by molar-refractivity contribution is 5.41. The van der Waals surface area contributed by atoms with Crippen molar-refractivity contribution in [2.75, 3.05) is 20.8 Å². The Morgan fingerprint density at radius 3 is 1.75 bits per heavy atom. The average molecular weight is 647 g/mol. The molecule has 2 unspecified atom stereocenters. The molecule has 2 atom stereocenters. The highest BCUT2D eigenvalue weighted by Gasteiger charge is 2.27. The third-order valence-corrected chi connectivity index (χ3v) is 8.49. The van der Waals surface area contributed by atoms with Crippen molar-refractivity contribution in [2.24, 2.45) is 5.73 Å². The second-order valence-corrected chi connectivity index (χ2v) is 11.8. The smallest absolute Gasteiger partial charge is 0.178 e. The first-order chi connectivity index (χ1) is 23.5. The predicted molar refractivity (Wildman–Crippen MR) is 191 cm³/mol. The van der Waals surface area contributed by atoms with E-state index in [1.54, 1.807) is 21.1 Å². The minimum atomic E-state index is -0.788. The van der Waals surface area contributed by atoms with Crippen LogP contribution in [0.4, 0.5) is 0 Å². The molecule has 0 aliphatic rings. The molecule has 0 amide bonds. The van der Waals surface area contributed by atoms with E-state index in [9.17, 15) is 5.11 Å². The fourth-order valence-electron chi connectivity index (χ4n) is 5.89. The average Bonchev–Trinajstić information content (AvgIpc) is 3.14. The third-order valence-electron chi connectivity index (χ3n) is 8.49. The maximum Gasteiger partial charge on any atom is 0.178 e. The SMILES string of the molecule is COc1ccc(C(CCN(Cc2ccccc2)C(Oc2ccc(OCc3ccccc3)c(CN)c2)C(C)O)c2ccc(OC)cc2)cc1. The zero-order valence-corrected chi connectivity index (χ0v) is 28.0. The second kappa shape index (κ2) is 17.4. The molecule has 5 aromatic rings. The Kier molecular flexibility index (Phi) is 12.5. The lowest BCUT2D eigenvalue weighted by Gasteiger charge is -2.35. The second-order valence-electron chi connectivity index (χ2n) is 11.8. The van der Waals surface area contributed by atoms with Crippen LogP contribution in [0, 0.1) is 0 Å². The van der Waals surface area contributed by atoms with Gasteiger partial charge >= 0.3 is 0 Å². The quantitative estimate of drug-likeness (QED) is 0.101. The highest BCUT2D eigenvalue weighted by atomic mass is 16.5. The Balaban J connectivity index is 1.40. The summed E-state index contributed by atoms with van der Waals surface area (Å²) in [5, 5.41) is 11.2. The Labute approximate surface area is 284 Å². The summed E-state index contributed by atoms with van der Waals surface area (Å²) >= 11 is 0. The van der Waals surface area contributed by atoms with Crippen LogP contribution in [0.25, 0.3) is 0 Å². The van der Waals surface area contributed by atoms with Gasteiger partial charge in [-0.3, -0.25) is 4.90 Å². The van der Waals surface area contributed by atoms with Crippen LogP contribution in [0.15, 0.2) is 127 Å². The lowest BCUT2D eigenvalue weighted by Crippen LogP contribution is -2.47. The molecule has 0 aliphatic carbocycles. The van der Waals surface area contributed by atoms with Gasteiger partial charge in [0.2, 0.25) is 0 Å². The Bertz CT molecular complexity index is 1610. The van der Waals surface area contributed by atoms with Crippen LogP contribution in [-0.4, -0.2) is 43.1 Å². The molecule has 0 aromatic heterocycles. The molecule has 0 radical (unpaired) electrons. The largest absolute Gasteiger partial charge is 0.497 e. The van der Waals surface area contributed by atoms with Crippen molar-refractivity contribution >= 4 is 0 Å². The van der Waals surface area contributed by atoms with Crippen LogP contribution in [0.2, 0.25) is 0 Å². The van der Waals surface area contributed by atoms with E-state index < -0.39 is 12.3 Å². The van der Waals surface area contributed by atoms with E-state index in [4.69, 9.17) is 24.7 Å². The van der Waals surface area contributed by atoms with Crippen LogP contribution in [0.3, 0.4) is 0 Å². The van der Waals surface area contributed by atoms with Crippen LogP contribution in [0.1, 0.15) is 47.1 Å². The van der Waals surface area contributed by atoms with Crippen molar-refractivity contribution in [3.63, 3.8) is 0 Å². The van der Waals surface area contributed by atoms with E-state index in [0.717, 1.165) is 34.6 Å². The van der Waals surface area contributed by atoms with E-state index in [-0.39, 0.29) is 5.92 Å². The monoisotopic (exact) mass is 646 g/mol. The first-order valence-electron chi connectivity index (χ1n) is 16.4. The molecule has 0 saturated carbocycles. The molecule has 0 heterocycles. The Morgan fingerprint density at radius 2 is 1.23 bits per heavy atom. The van der Waals surface area contributed by atoms with Crippen molar-refractivity contribution < 1.29 is 24.1 Å². The maximum absolute atomic E-state index is 11.2. The number of ether oxygens (including phenoxy) is 4. The maximum atomic E-state index is 11.2. The minimum absolute atomic E-state index is 0.0830. The fourth-order valence-corrected chi connectivity index (χ4v) is 5.89. The van der Waals surface area contributed by atoms with Gasteiger partial charge in [-0.05, 0) is 78.1 Å². The van der Waals surface area contributed by atoms with E-state index >= 15 is 0 Å². The van der Waals surface area contributed by atoms with E-state index in [1.165, 1.54) is 11.1 Å². The molecule has 5 rings (SSSR count). The summed E-state index contributed by atoms with van der Waals surface area (Å²) in [6.07, 6.45) is -0.637. The highest BCUT2D eigenvalue weighted by Crippen LogP contribution is 2.32. The zero-order chi connectivity index (χ0) is 33.7. The van der Waals surface area contributed by atoms with Gasteiger partial charge in [0.25, 0.3) is 0 Å². The molecule has 0 aliphatic heterocycles. The first-order valence-corrected chi connectivity index (χ1v) is 16.4. The van der Waals surface area contributed by atoms with Gasteiger partial charge in [-0.1, -0.05) is 84.9 Å². The van der Waals surface area contributed by atoms with Gasteiger partial charge in [-0.15, -0.1) is 0 Å². The number of aliphatic hydroxyl groups excluding tert-OH is 1. The molecule has 3 N–H and O–H groups in total. The van der Waals surface area contributed by atoms with Crippen LogP contribution in [0.5, 0.6) is 23.0 Å². The van der Waals surface area contributed by atoms with Gasteiger partial charge in [0.1, 0.15) is 35.7 Å². The number of nitrogens with two attached hydrogens (primary N) is 1. The summed E-state index contributed by atoms with van der Waals surface area (Å²) in [6.45, 7) is 3.75. The number of benzene rings is 5. The molecular weight excluding hydrogens is 600 g/mol. The molecule has 0 saturated heterocycles. The standard InChI is InChI=1S/C41H46N2O5/c1-30(44)41(48-38-22-23-40(35(26-38)27-42)47-29-32-12-8-5-9-13-32)43(28-31-10-6-4-7-11-31)25-24-39(33-14-18-36(45-2)19-15-33)34-16-20-37(46-3)21-17-34/h4-23,26,30,39,41,44H,24-25,27-29,42H2,1-3H3. The van der Waals surface area contributed by atoms with Gasteiger partial charge in [-0.25, -0.2) is 0 Å². The van der Waals surface area contributed by atoms with Crippen LogP contribution in [-0.2, 0) is 19.7 Å². The van der Waals surface area contributed by atoms with Gasteiger partial charge < -0.3 is 29.8 Å².